The van der Waals surface area contributed by atoms with Crippen molar-refractivity contribution in [2.75, 3.05) is 0 Å². The molecule has 5 heteroatoms. The van der Waals surface area contributed by atoms with E-state index >= 15 is 0 Å². The molecule has 0 aromatic rings. The minimum absolute atomic E-state index is 0.742. The first-order valence-corrected chi connectivity index (χ1v) is 3.63. The summed E-state index contributed by atoms with van der Waals surface area (Å²) in [6, 6.07) is 0. The van der Waals surface area contributed by atoms with Gasteiger partial charge in [0.1, 0.15) is 0 Å². The summed E-state index contributed by atoms with van der Waals surface area (Å²) < 4.78 is -1.50. The molecule has 0 bridgehead atoms. The maximum atomic E-state index is 5.36. The van der Waals surface area contributed by atoms with Crippen LogP contribution in [0.1, 0.15) is 0 Å². The lowest BCUT2D eigenvalue weighted by molar-refractivity contribution is 1.06. The number of rotatable bonds is 1. The Labute approximate surface area is 73.0 Å². The van der Waals surface area contributed by atoms with Gasteiger partial charge in [0, 0.05) is 0 Å². The zero-order chi connectivity index (χ0) is 6.78. The Kier molecular flexibility index (Phi) is 4.23. The van der Waals surface area contributed by atoms with Crippen molar-refractivity contribution in [2.45, 2.75) is 9.17 Å². The first-order valence-electron chi connectivity index (χ1n) is 1.63. The van der Waals surface area contributed by atoms with Crippen molar-refractivity contribution in [1.29, 1.82) is 0 Å². The molecule has 0 aliphatic rings. The molecule has 0 aliphatic carbocycles. The maximum Gasteiger partial charge on any atom is 0.208 e. The number of hydrogen-bond donors (Lipinski definition) is 0. The highest BCUT2D eigenvalue weighted by molar-refractivity contribution is 6.70. The second-order valence-corrected chi connectivity index (χ2v) is 4.16. The van der Waals surface area contributed by atoms with Gasteiger partial charge >= 0.3 is 0 Å². The van der Waals surface area contributed by atoms with Crippen LogP contribution in [0.2, 0.25) is 0 Å². The molecule has 8 heavy (non-hydrogen) atoms. The fraction of sp³-hybridized carbons (Fsp3) is 0.667. The zero-order valence-electron chi connectivity index (χ0n) is 3.54. The SMILES string of the molecule is Cl[CH]C(Cl)C(Cl)(Cl)Cl. The molecule has 0 rings (SSSR count). The standard InChI is InChI=1S/C3H2Cl5/c4-1-2(5)3(6,7)8/h1-2H. The van der Waals surface area contributed by atoms with Crippen molar-refractivity contribution in [3.63, 3.8) is 0 Å². The lowest BCUT2D eigenvalue weighted by Crippen LogP contribution is -2.17. The molecule has 0 fully saturated rings. The van der Waals surface area contributed by atoms with E-state index in [9.17, 15) is 0 Å². The summed E-state index contributed by atoms with van der Waals surface area (Å²) in [5, 5.41) is -0.742. The van der Waals surface area contributed by atoms with Crippen molar-refractivity contribution in [3.05, 3.63) is 5.88 Å². The number of alkyl halides is 4. The van der Waals surface area contributed by atoms with E-state index in [2.05, 4.69) is 0 Å². The van der Waals surface area contributed by atoms with E-state index in [4.69, 9.17) is 58.0 Å². The monoisotopic (exact) mass is 213 g/mol. The van der Waals surface area contributed by atoms with Crippen LogP contribution in [0.15, 0.2) is 0 Å². The molecule has 0 saturated heterocycles. The van der Waals surface area contributed by atoms with Gasteiger partial charge in [-0.05, 0) is 0 Å². The molecule has 0 aromatic carbocycles. The Hall–Kier alpha value is 1.45. The van der Waals surface area contributed by atoms with Gasteiger partial charge in [-0.15, -0.1) is 23.2 Å². The maximum absolute atomic E-state index is 5.36. The molecule has 0 nitrogen and oxygen atoms in total. The van der Waals surface area contributed by atoms with Crippen molar-refractivity contribution in [3.8, 4) is 0 Å². The first kappa shape index (κ1) is 9.45. The van der Waals surface area contributed by atoms with Crippen molar-refractivity contribution >= 4 is 58.0 Å². The fourth-order valence-corrected chi connectivity index (χ4v) is 0.643. The van der Waals surface area contributed by atoms with Crippen LogP contribution in [0, 0.1) is 5.88 Å². The van der Waals surface area contributed by atoms with Crippen LogP contribution in [0.3, 0.4) is 0 Å². The van der Waals surface area contributed by atoms with Crippen LogP contribution >= 0.6 is 58.0 Å². The molecule has 49 valence electrons. The van der Waals surface area contributed by atoms with Gasteiger partial charge in [-0.3, -0.25) is 0 Å². The van der Waals surface area contributed by atoms with Gasteiger partial charge in [0.05, 0.1) is 11.3 Å². The van der Waals surface area contributed by atoms with Gasteiger partial charge in [0.25, 0.3) is 0 Å². The minimum Gasteiger partial charge on any atom is -0.120 e. The molecule has 0 amide bonds. The molecule has 1 unspecified atom stereocenters. The summed E-state index contributed by atoms with van der Waals surface area (Å²) >= 11 is 26.3. The molecule has 0 aromatic heterocycles. The van der Waals surface area contributed by atoms with E-state index in [0.29, 0.717) is 0 Å². The van der Waals surface area contributed by atoms with Crippen LogP contribution in [0.25, 0.3) is 0 Å². The molecule has 0 spiro atoms. The third kappa shape index (κ3) is 3.47. The van der Waals surface area contributed by atoms with E-state index in [1.54, 1.807) is 0 Å². The second-order valence-electron chi connectivity index (χ2n) is 1.07. The van der Waals surface area contributed by atoms with Gasteiger partial charge < -0.3 is 0 Å². The third-order valence-electron chi connectivity index (χ3n) is 0.423. The summed E-state index contributed by atoms with van der Waals surface area (Å²) in [6.07, 6.45) is 0. The van der Waals surface area contributed by atoms with Crippen LogP contribution in [0.5, 0.6) is 0 Å². The molecule has 0 N–H and O–H groups in total. The molecule has 1 radical (unpaired) electrons. The van der Waals surface area contributed by atoms with Crippen LogP contribution in [-0.4, -0.2) is 9.17 Å². The summed E-state index contributed by atoms with van der Waals surface area (Å²) in [7, 11) is 0. The minimum atomic E-state index is -1.50. The van der Waals surface area contributed by atoms with Crippen molar-refractivity contribution < 1.29 is 0 Å². The topological polar surface area (TPSA) is 0 Å². The highest BCUT2D eigenvalue weighted by Crippen LogP contribution is 2.35. The van der Waals surface area contributed by atoms with E-state index < -0.39 is 9.17 Å². The Bertz CT molecular complexity index is 64.6. The van der Waals surface area contributed by atoms with E-state index in [0.717, 1.165) is 5.88 Å². The average molecular weight is 215 g/mol. The average Bonchev–Trinajstić information content (AvgIpc) is 1.62. The molecule has 0 saturated carbocycles. The van der Waals surface area contributed by atoms with Gasteiger partial charge in [-0.1, -0.05) is 34.8 Å². The fourth-order valence-electron chi connectivity index (χ4n) is 0.0714. The summed E-state index contributed by atoms with van der Waals surface area (Å²) in [5.74, 6) is 1.09. The Morgan fingerprint density at radius 2 is 1.62 bits per heavy atom. The largest absolute Gasteiger partial charge is 0.208 e. The Morgan fingerprint density at radius 3 is 1.62 bits per heavy atom. The van der Waals surface area contributed by atoms with Gasteiger partial charge in [0.15, 0.2) is 0 Å². The van der Waals surface area contributed by atoms with Crippen LogP contribution in [-0.2, 0) is 0 Å². The Morgan fingerprint density at radius 1 is 1.25 bits per heavy atom. The molecule has 1 atom stereocenters. The lowest BCUT2D eigenvalue weighted by atomic mass is 10.5. The van der Waals surface area contributed by atoms with Gasteiger partial charge in [-0.2, -0.15) is 0 Å². The summed E-state index contributed by atoms with van der Waals surface area (Å²) in [5.41, 5.74) is 0. The van der Waals surface area contributed by atoms with E-state index in [1.807, 2.05) is 0 Å². The van der Waals surface area contributed by atoms with Gasteiger partial charge in [0.2, 0.25) is 3.79 Å². The lowest BCUT2D eigenvalue weighted by Gasteiger charge is -2.13. The predicted octanol–water partition coefficient (Wildman–Crippen LogP) is 3.36. The zero-order valence-corrected chi connectivity index (χ0v) is 7.32. The number of halogens is 5. The summed E-state index contributed by atoms with van der Waals surface area (Å²) in [6.45, 7) is 0. The first-order chi connectivity index (χ1) is 3.48. The van der Waals surface area contributed by atoms with E-state index in [-0.39, 0.29) is 0 Å². The van der Waals surface area contributed by atoms with Crippen molar-refractivity contribution in [2.24, 2.45) is 0 Å². The molecular weight excluding hydrogens is 213 g/mol. The predicted molar refractivity (Wildman–Crippen MR) is 40.1 cm³/mol. The van der Waals surface area contributed by atoms with Crippen LogP contribution in [0.4, 0.5) is 0 Å². The molecule has 0 aliphatic heterocycles. The van der Waals surface area contributed by atoms with Crippen LogP contribution < -0.4 is 0 Å². The molecule has 0 heterocycles. The number of hydrogen-bond acceptors (Lipinski definition) is 0. The third-order valence-corrected chi connectivity index (χ3v) is 2.30. The smallest absolute Gasteiger partial charge is 0.120 e. The Balaban J connectivity index is 3.62. The van der Waals surface area contributed by atoms with Crippen molar-refractivity contribution in [1.82, 2.24) is 0 Å². The highest BCUT2D eigenvalue weighted by atomic mass is 35.6. The normalized spacial score (nSPS) is 16.1. The van der Waals surface area contributed by atoms with Gasteiger partial charge in [-0.25, -0.2) is 0 Å². The molecular formula is C3H2Cl5. The summed E-state index contributed by atoms with van der Waals surface area (Å²) in [4.78, 5) is 0. The quantitative estimate of drug-likeness (QED) is 0.588. The highest BCUT2D eigenvalue weighted by Gasteiger charge is 2.29. The van der Waals surface area contributed by atoms with E-state index in [1.165, 1.54) is 0 Å². The second kappa shape index (κ2) is 3.58.